The van der Waals surface area contributed by atoms with E-state index in [1.54, 1.807) is 0 Å². The third kappa shape index (κ3) is 4.02. The Morgan fingerprint density at radius 2 is 1.92 bits per heavy atom. The molecule has 1 fully saturated rings. The Morgan fingerprint density at radius 3 is 2.62 bits per heavy atom. The molecule has 3 N–H and O–H groups in total. The molecule has 0 saturated carbocycles. The van der Waals surface area contributed by atoms with Gasteiger partial charge in [-0.1, -0.05) is 16.8 Å². The van der Waals surface area contributed by atoms with Gasteiger partial charge >= 0.3 is 0 Å². The van der Waals surface area contributed by atoms with Crippen molar-refractivity contribution in [3.05, 3.63) is 35.2 Å². The number of piperazine rings is 1. The number of nitrogens with one attached hydrogen (secondary N) is 1. The van der Waals surface area contributed by atoms with E-state index in [-0.39, 0.29) is 31.4 Å². The molecule has 0 atom stereocenters. The third-order valence-electron chi connectivity index (χ3n) is 4.07. The minimum atomic E-state index is 0. The number of hydrogen-bond donors (Lipinski definition) is 2. The van der Waals surface area contributed by atoms with Gasteiger partial charge in [0, 0.05) is 37.1 Å². The van der Waals surface area contributed by atoms with Gasteiger partial charge in [-0.3, -0.25) is 0 Å². The van der Waals surface area contributed by atoms with Gasteiger partial charge in [0.1, 0.15) is 5.82 Å². The zero-order valence-electron chi connectivity index (χ0n) is 13.8. The number of benzene rings is 1. The van der Waals surface area contributed by atoms with Crippen molar-refractivity contribution in [2.24, 2.45) is 5.73 Å². The maximum absolute atomic E-state index is 6.47. The van der Waals surface area contributed by atoms with Crippen LogP contribution in [0.4, 0.5) is 5.82 Å². The van der Waals surface area contributed by atoms with Crippen molar-refractivity contribution in [2.75, 3.05) is 31.1 Å². The molecule has 4 rings (SSSR count). The third-order valence-corrected chi connectivity index (χ3v) is 4.35. The van der Waals surface area contributed by atoms with E-state index in [0.29, 0.717) is 16.7 Å². The van der Waals surface area contributed by atoms with Crippen molar-refractivity contribution in [3.63, 3.8) is 0 Å². The fourth-order valence-electron chi connectivity index (χ4n) is 2.83. The van der Waals surface area contributed by atoms with Crippen LogP contribution in [0.15, 0.2) is 28.8 Å². The Morgan fingerprint density at radius 1 is 1.15 bits per heavy atom. The number of nitrogens with zero attached hydrogens (tertiary/aromatic N) is 4. The summed E-state index contributed by atoms with van der Waals surface area (Å²) in [6, 6.07) is 7.77. The van der Waals surface area contributed by atoms with E-state index in [4.69, 9.17) is 26.8 Å². The van der Waals surface area contributed by atoms with E-state index in [1.807, 2.05) is 24.3 Å². The number of fused-ring (bicyclic) bond motifs is 1. The van der Waals surface area contributed by atoms with Gasteiger partial charge < -0.3 is 20.5 Å². The summed E-state index contributed by atoms with van der Waals surface area (Å²) in [5.41, 5.74) is 7.24. The summed E-state index contributed by atoms with van der Waals surface area (Å²) in [7, 11) is 0. The maximum atomic E-state index is 6.47. The molecule has 1 aromatic carbocycles. The minimum absolute atomic E-state index is 0. The predicted molar refractivity (Wildman–Crippen MR) is 108 cm³/mol. The second-order valence-corrected chi connectivity index (χ2v) is 6.06. The van der Waals surface area contributed by atoms with Gasteiger partial charge in [0.05, 0.1) is 17.1 Å². The van der Waals surface area contributed by atoms with E-state index in [1.165, 1.54) is 0 Å². The first-order chi connectivity index (χ1) is 11.7. The predicted octanol–water partition coefficient (Wildman–Crippen LogP) is 2.65. The van der Waals surface area contributed by atoms with E-state index in [0.717, 1.165) is 48.5 Å². The maximum Gasteiger partial charge on any atom is 0.240 e. The van der Waals surface area contributed by atoms with E-state index >= 15 is 0 Å². The van der Waals surface area contributed by atoms with E-state index in [2.05, 4.69) is 20.4 Å². The molecule has 0 amide bonds. The Balaban J connectivity index is 0.00000121. The molecule has 1 aliphatic heterocycles. The summed E-state index contributed by atoms with van der Waals surface area (Å²) in [5.74, 6) is 1.76. The highest BCUT2D eigenvalue weighted by molar-refractivity contribution is 6.33. The molecule has 1 aliphatic rings. The Kier molecular flexibility index (Phi) is 7.02. The van der Waals surface area contributed by atoms with Gasteiger partial charge in [0.15, 0.2) is 0 Å². The molecule has 10 heteroatoms. The number of anilines is 1. The molecule has 3 heterocycles. The lowest BCUT2D eigenvalue weighted by Gasteiger charge is -2.29. The Labute approximate surface area is 168 Å². The van der Waals surface area contributed by atoms with Crippen molar-refractivity contribution in [1.82, 2.24) is 20.4 Å². The van der Waals surface area contributed by atoms with Crippen LogP contribution in [0.5, 0.6) is 0 Å². The van der Waals surface area contributed by atoms with Gasteiger partial charge in [-0.2, -0.15) is 4.98 Å². The fraction of sp³-hybridized carbons (Fsp3) is 0.312. The van der Waals surface area contributed by atoms with Gasteiger partial charge in [0.25, 0.3) is 0 Å². The molecule has 0 radical (unpaired) electrons. The molecule has 0 aliphatic carbocycles. The summed E-state index contributed by atoms with van der Waals surface area (Å²) in [6.07, 6.45) is 0. The van der Waals surface area contributed by atoms with Crippen LogP contribution >= 0.6 is 36.4 Å². The lowest BCUT2D eigenvalue weighted by Crippen LogP contribution is -2.44. The first kappa shape index (κ1) is 20.7. The quantitative estimate of drug-likeness (QED) is 0.676. The molecule has 7 nitrogen and oxygen atoms in total. The normalized spacial score (nSPS) is 14.0. The molecule has 3 aromatic rings. The zero-order valence-corrected chi connectivity index (χ0v) is 16.2. The average Bonchev–Trinajstić information content (AvgIpc) is 3.10. The Bertz CT molecular complexity index is 882. The van der Waals surface area contributed by atoms with Gasteiger partial charge in [-0.05, 0) is 24.3 Å². The molecular weight excluding hydrogens is 399 g/mol. The van der Waals surface area contributed by atoms with Crippen LogP contribution in [0.2, 0.25) is 5.02 Å². The smallest absolute Gasteiger partial charge is 0.240 e. The molecule has 0 bridgehead atoms. The molecule has 2 aromatic heterocycles. The van der Waals surface area contributed by atoms with Crippen molar-refractivity contribution in [3.8, 4) is 11.4 Å². The summed E-state index contributed by atoms with van der Waals surface area (Å²) in [5, 5.41) is 8.86. The van der Waals surface area contributed by atoms with Crippen molar-refractivity contribution >= 4 is 53.1 Å². The van der Waals surface area contributed by atoms with Crippen molar-refractivity contribution < 1.29 is 4.52 Å². The first-order valence-corrected chi connectivity index (χ1v) is 8.21. The molecule has 1 saturated heterocycles. The highest BCUT2D eigenvalue weighted by Gasteiger charge is 2.16. The molecule has 140 valence electrons. The number of nitrogens with two attached hydrogens (primary N) is 1. The van der Waals surface area contributed by atoms with Crippen LogP contribution in [-0.4, -0.2) is 41.3 Å². The lowest BCUT2D eigenvalue weighted by atomic mass is 10.1. The number of halogens is 3. The van der Waals surface area contributed by atoms with Gasteiger partial charge in [-0.25, -0.2) is 4.98 Å². The van der Waals surface area contributed by atoms with Crippen LogP contribution in [0.3, 0.4) is 0 Å². The van der Waals surface area contributed by atoms with Crippen LogP contribution in [0, 0.1) is 0 Å². The summed E-state index contributed by atoms with van der Waals surface area (Å²) >= 11 is 6.47. The van der Waals surface area contributed by atoms with E-state index in [9.17, 15) is 0 Å². The summed E-state index contributed by atoms with van der Waals surface area (Å²) in [6.45, 7) is 3.91. The summed E-state index contributed by atoms with van der Waals surface area (Å²) < 4.78 is 5.06. The minimum Gasteiger partial charge on any atom is -0.353 e. The second-order valence-electron chi connectivity index (χ2n) is 5.65. The van der Waals surface area contributed by atoms with Gasteiger partial charge in [-0.15, -0.1) is 24.8 Å². The standard InChI is InChI=1S/C16H17ClN6O.2ClH/c17-12-8-11-7-10(15-21-14(9-18)24-22-15)1-2-13(11)20-16(12)23-5-3-19-4-6-23;;/h1-2,7-8,19H,3-6,9,18H2;2*1H. The SMILES string of the molecule is Cl.Cl.NCc1nc(-c2ccc3nc(N4CCNCC4)c(Cl)cc3c2)no1. The molecule has 0 unspecified atom stereocenters. The van der Waals surface area contributed by atoms with Gasteiger partial charge in [0.2, 0.25) is 11.7 Å². The van der Waals surface area contributed by atoms with Crippen LogP contribution in [-0.2, 0) is 6.54 Å². The number of hydrogen-bond acceptors (Lipinski definition) is 7. The highest BCUT2D eigenvalue weighted by Crippen LogP contribution is 2.30. The number of pyridine rings is 1. The Hall–Kier alpha value is -1.64. The van der Waals surface area contributed by atoms with Crippen LogP contribution in [0.25, 0.3) is 22.3 Å². The average molecular weight is 418 g/mol. The van der Waals surface area contributed by atoms with Crippen LogP contribution < -0.4 is 16.0 Å². The largest absolute Gasteiger partial charge is 0.353 e. The van der Waals surface area contributed by atoms with Crippen LogP contribution in [0.1, 0.15) is 5.89 Å². The fourth-order valence-corrected chi connectivity index (χ4v) is 3.11. The van der Waals surface area contributed by atoms with Crippen molar-refractivity contribution in [1.29, 1.82) is 0 Å². The monoisotopic (exact) mass is 416 g/mol. The highest BCUT2D eigenvalue weighted by atomic mass is 35.5. The zero-order chi connectivity index (χ0) is 16.5. The molecular formula is C16H19Cl3N6O. The summed E-state index contributed by atoms with van der Waals surface area (Å²) in [4.78, 5) is 11.2. The molecule has 26 heavy (non-hydrogen) atoms. The first-order valence-electron chi connectivity index (χ1n) is 7.83. The topological polar surface area (TPSA) is 93.1 Å². The lowest BCUT2D eigenvalue weighted by molar-refractivity contribution is 0.380. The van der Waals surface area contributed by atoms with E-state index < -0.39 is 0 Å². The van der Waals surface area contributed by atoms with Crippen molar-refractivity contribution in [2.45, 2.75) is 6.54 Å². The second kappa shape index (κ2) is 8.83. The number of rotatable bonds is 3. The number of aromatic nitrogens is 3. The molecule has 0 spiro atoms.